The molecule has 2 N–H and O–H groups in total. The van der Waals surface area contributed by atoms with Crippen LogP contribution in [-0.2, 0) is 9.59 Å². The van der Waals surface area contributed by atoms with Crippen molar-refractivity contribution in [2.75, 3.05) is 19.5 Å². The zero-order chi connectivity index (χ0) is 21.0. The maximum atomic E-state index is 12.5. The quantitative estimate of drug-likeness (QED) is 0.754. The molecule has 1 unspecified atom stereocenters. The lowest BCUT2D eigenvalue weighted by Crippen LogP contribution is -2.30. The van der Waals surface area contributed by atoms with Gasteiger partial charge >= 0.3 is 5.97 Å². The highest BCUT2D eigenvalue weighted by atomic mass is 32.2. The van der Waals surface area contributed by atoms with E-state index in [4.69, 9.17) is 9.84 Å². The van der Waals surface area contributed by atoms with Crippen LogP contribution in [0.5, 0.6) is 5.75 Å². The van der Waals surface area contributed by atoms with Crippen molar-refractivity contribution in [2.45, 2.75) is 11.7 Å². The summed E-state index contributed by atoms with van der Waals surface area (Å²) in [5, 5.41) is 11.5. The first-order chi connectivity index (χ1) is 13.9. The fourth-order valence-corrected chi connectivity index (χ4v) is 3.88. The summed E-state index contributed by atoms with van der Waals surface area (Å²) in [7, 11) is 3.15. The van der Waals surface area contributed by atoms with E-state index in [0.717, 1.165) is 0 Å². The number of hydrogen-bond donors (Lipinski definition) is 2. The molecule has 2 aromatic rings. The van der Waals surface area contributed by atoms with E-state index in [-0.39, 0.29) is 23.8 Å². The van der Waals surface area contributed by atoms with Crippen LogP contribution in [0.4, 0.5) is 11.4 Å². The number of nitrogens with zero attached hydrogens (tertiary/aromatic N) is 2. The minimum absolute atomic E-state index is 0.0594. The number of carbonyl (C=O) groups excluding carboxylic acids is 2. The molecular formula is C20H19N3O5S. The Bertz CT molecular complexity index is 992. The Balaban J connectivity index is 1.70. The molecule has 1 fully saturated rings. The highest BCUT2D eigenvalue weighted by Gasteiger charge is 2.37. The van der Waals surface area contributed by atoms with Crippen molar-refractivity contribution in [2.24, 2.45) is 4.99 Å². The number of amides is 2. The molecule has 2 amide bonds. The molecule has 0 bridgehead atoms. The smallest absolute Gasteiger partial charge is 0.335 e. The van der Waals surface area contributed by atoms with E-state index in [0.29, 0.717) is 22.3 Å². The van der Waals surface area contributed by atoms with Crippen molar-refractivity contribution in [1.82, 2.24) is 4.90 Å². The monoisotopic (exact) mass is 413 g/mol. The van der Waals surface area contributed by atoms with Gasteiger partial charge in [0.15, 0.2) is 5.17 Å². The first-order valence-corrected chi connectivity index (χ1v) is 9.56. The Kier molecular flexibility index (Phi) is 6.18. The number of carboxylic acids is 1. The van der Waals surface area contributed by atoms with Crippen LogP contribution in [0, 0.1) is 0 Å². The van der Waals surface area contributed by atoms with Gasteiger partial charge in [0.05, 0.1) is 12.7 Å². The molecule has 0 aliphatic carbocycles. The Labute approximate surface area is 171 Å². The lowest BCUT2D eigenvalue weighted by Gasteiger charge is -2.10. The maximum Gasteiger partial charge on any atom is 0.335 e. The molecule has 0 saturated carbocycles. The second-order valence-electron chi connectivity index (χ2n) is 6.21. The number of para-hydroxylation sites is 2. The van der Waals surface area contributed by atoms with E-state index in [1.807, 2.05) is 12.1 Å². The average Bonchev–Trinajstić information content (AvgIpc) is 2.96. The predicted molar refractivity (Wildman–Crippen MR) is 111 cm³/mol. The molecule has 29 heavy (non-hydrogen) atoms. The summed E-state index contributed by atoms with van der Waals surface area (Å²) in [6.07, 6.45) is -0.0594. The lowest BCUT2D eigenvalue weighted by atomic mass is 10.2. The van der Waals surface area contributed by atoms with Crippen LogP contribution < -0.4 is 10.1 Å². The molecule has 8 nitrogen and oxygen atoms in total. The molecule has 0 aromatic heterocycles. The summed E-state index contributed by atoms with van der Waals surface area (Å²) in [6.45, 7) is 0. The third kappa shape index (κ3) is 4.75. The van der Waals surface area contributed by atoms with Crippen LogP contribution in [0.1, 0.15) is 16.8 Å². The topological polar surface area (TPSA) is 108 Å². The molecule has 3 rings (SSSR count). The molecular weight excluding hydrogens is 394 g/mol. The van der Waals surface area contributed by atoms with Gasteiger partial charge in [-0.3, -0.25) is 14.5 Å². The van der Waals surface area contributed by atoms with Crippen LogP contribution in [0.15, 0.2) is 53.5 Å². The Hall–Kier alpha value is -3.33. The number of benzene rings is 2. The molecule has 9 heteroatoms. The number of carbonyl (C=O) groups is 3. The van der Waals surface area contributed by atoms with Crippen LogP contribution in [0.3, 0.4) is 0 Å². The molecule has 1 heterocycles. The minimum atomic E-state index is -1.08. The van der Waals surface area contributed by atoms with Crippen molar-refractivity contribution >= 4 is 46.1 Å². The van der Waals surface area contributed by atoms with E-state index in [1.54, 1.807) is 38.4 Å². The molecule has 0 spiro atoms. The normalized spacial score (nSPS) is 17.4. The van der Waals surface area contributed by atoms with Gasteiger partial charge in [0.25, 0.3) is 0 Å². The number of anilines is 1. The first-order valence-electron chi connectivity index (χ1n) is 8.68. The number of thioether (sulfide) groups is 1. The van der Waals surface area contributed by atoms with Gasteiger partial charge in [-0.05, 0) is 30.3 Å². The van der Waals surface area contributed by atoms with E-state index in [9.17, 15) is 14.4 Å². The fourth-order valence-electron chi connectivity index (χ4n) is 2.73. The van der Waals surface area contributed by atoms with Gasteiger partial charge in [-0.1, -0.05) is 30.0 Å². The number of hydrogen-bond acceptors (Lipinski definition) is 6. The molecule has 1 atom stereocenters. The largest absolute Gasteiger partial charge is 0.494 e. The van der Waals surface area contributed by atoms with Crippen LogP contribution in [-0.4, -0.2) is 52.4 Å². The number of amidine groups is 1. The van der Waals surface area contributed by atoms with E-state index in [1.165, 1.54) is 28.8 Å². The second kappa shape index (κ2) is 8.78. The van der Waals surface area contributed by atoms with Crippen molar-refractivity contribution in [3.63, 3.8) is 0 Å². The van der Waals surface area contributed by atoms with Crippen molar-refractivity contribution < 1.29 is 24.2 Å². The Morgan fingerprint density at radius 2 is 2.00 bits per heavy atom. The molecule has 1 aliphatic rings. The zero-order valence-corrected chi connectivity index (χ0v) is 16.6. The summed E-state index contributed by atoms with van der Waals surface area (Å²) >= 11 is 1.20. The number of rotatable bonds is 6. The number of aliphatic imine (C=N–C) groups is 1. The van der Waals surface area contributed by atoms with Crippen LogP contribution in [0.25, 0.3) is 0 Å². The van der Waals surface area contributed by atoms with E-state index in [2.05, 4.69) is 10.3 Å². The van der Waals surface area contributed by atoms with Crippen LogP contribution >= 0.6 is 11.8 Å². The number of methoxy groups -OCH3 is 1. The fraction of sp³-hybridized carbons (Fsp3) is 0.200. The van der Waals surface area contributed by atoms with Gasteiger partial charge in [0.1, 0.15) is 16.7 Å². The number of nitrogens with one attached hydrogen (secondary N) is 1. The number of ether oxygens (including phenoxy) is 1. The molecule has 1 aliphatic heterocycles. The first kappa shape index (κ1) is 20.4. The summed E-state index contributed by atoms with van der Waals surface area (Å²) in [6, 6.07) is 13.1. The minimum Gasteiger partial charge on any atom is -0.494 e. The SMILES string of the molecule is COc1ccccc1N=C1SC(CC(=O)Nc2cccc(C(=O)O)c2)C(=O)N1C. The molecule has 1 saturated heterocycles. The molecule has 150 valence electrons. The Morgan fingerprint density at radius 1 is 1.24 bits per heavy atom. The van der Waals surface area contributed by atoms with Gasteiger partial charge in [0.2, 0.25) is 11.8 Å². The van der Waals surface area contributed by atoms with Crippen LogP contribution in [0.2, 0.25) is 0 Å². The highest BCUT2D eigenvalue weighted by molar-refractivity contribution is 8.15. The Morgan fingerprint density at radius 3 is 2.72 bits per heavy atom. The third-order valence-corrected chi connectivity index (χ3v) is 5.43. The van der Waals surface area contributed by atoms with Crippen molar-refractivity contribution in [3.8, 4) is 5.75 Å². The van der Waals surface area contributed by atoms with Crippen molar-refractivity contribution in [1.29, 1.82) is 0 Å². The van der Waals surface area contributed by atoms with Gasteiger partial charge in [0, 0.05) is 19.2 Å². The van der Waals surface area contributed by atoms with Gasteiger partial charge < -0.3 is 15.2 Å². The lowest BCUT2D eigenvalue weighted by molar-refractivity contribution is -0.127. The van der Waals surface area contributed by atoms with Gasteiger partial charge in [-0.2, -0.15) is 0 Å². The van der Waals surface area contributed by atoms with E-state index >= 15 is 0 Å². The zero-order valence-electron chi connectivity index (χ0n) is 15.8. The number of aromatic carboxylic acids is 1. The number of carboxylic acid groups (broad SMARTS) is 1. The summed E-state index contributed by atoms with van der Waals surface area (Å²) in [5.41, 5.74) is 1.02. The predicted octanol–water partition coefficient (Wildman–Crippen LogP) is 2.98. The van der Waals surface area contributed by atoms with Gasteiger partial charge in [-0.15, -0.1) is 0 Å². The highest BCUT2D eigenvalue weighted by Crippen LogP contribution is 2.33. The summed E-state index contributed by atoms with van der Waals surface area (Å²) in [4.78, 5) is 41.8. The van der Waals surface area contributed by atoms with Crippen molar-refractivity contribution in [3.05, 3.63) is 54.1 Å². The van der Waals surface area contributed by atoms with Gasteiger partial charge in [-0.25, -0.2) is 9.79 Å². The average molecular weight is 413 g/mol. The standard InChI is InChI=1S/C20H19N3O5S/c1-23-18(25)16(29-20(23)22-14-8-3-4-9-15(14)28-2)11-17(24)21-13-7-5-6-12(10-13)19(26)27/h3-10,16H,11H2,1-2H3,(H,21,24)(H,26,27). The maximum absolute atomic E-state index is 12.5. The second-order valence-corrected chi connectivity index (χ2v) is 7.38. The molecule has 2 aromatic carbocycles. The summed E-state index contributed by atoms with van der Waals surface area (Å²) in [5.74, 6) is -1.11. The summed E-state index contributed by atoms with van der Waals surface area (Å²) < 4.78 is 5.28. The third-order valence-electron chi connectivity index (χ3n) is 4.21. The van der Waals surface area contributed by atoms with E-state index < -0.39 is 11.2 Å². The molecule has 0 radical (unpaired) electrons.